The van der Waals surface area contributed by atoms with Crippen LogP contribution in [-0.2, 0) is 20.9 Å². The molecule has 0 unspecified atom stereocenters. The Bertz CT molecular complexity index is 955. The Balaban J connectivity index is 1.30. The van der Waals surface area contributed by atoms with Gasteiger partial charge in [0.15, 0.2) is 5.69 Å². The van der Waals surface area contributed by atoms with E-state index in [-0.39, 0.29) is 30.2 Å². The predicted octanol–water partition coefficient (Wildman–Crippen LogP) is 2.24. The molecule has 2 aromatic rings. The molecule has 2 aromatic heterocycles. The van der Waals surface area contributed by atoms with Gasteiger partial charge in [0.25, 0.3) is 5.91 Å². The van der Waals surface area contributed by atoms with Crippen molar-refractivity contribution >= 4 is 11.8 Å². The van der Waals surface area contributed by atoms with Crippen molar-refractivity contribution < 1.29 is 23.6 Å². The molecule has 0 bridgehead atoms. The summed E-state index contributed by atoms with van der Waals surface area (Å²) in [5.74, 6) is 1.18. The highest BCUT2D eigenvalue weighted by Gasteiger charge is 2.35. The minimum Gasteiger partial charge on any atom is -0.381 e. The Hall–Kier alpha value is -2.78. The number of rotatable bonds is 7. The van der Waals surface area contributed by atoms with Crippen LogP contribution < -0.4 is 0 Å². The molecule has 1 saturated carbocycles. The van der Waals surface area contributed by atoms with Crippen LogP contribution in [0.15, 0.2) is 35.1 Å². The van der Waals surface area contributed by atoms with E-state index >= 15 is 0 Å². The molecule has 4 heterocycles. The molecular weight excluding hydrogens is 424 g/mol. The van der Waals surface area contributed by atoms with Gasteiger partial charge in [-0.3, -0.25) is 14.6 Å². The lowest BCUT2D eigenvalue weighted by atomic mass is 9.99. The number of amides is 2. The fourth-order valence-electron chi connectivity index (χ4n) is 4.47. The number of hydrogen-bond acceptors (Lipinski definition) is 7. The lowest BCUT2D eigenvalue weighted by Crippen LogP contribution is -2.42. The first-order valence-corrected chi connectivity index (χ1v) is 11.8. The molecule has 0 N–H and O–H groups in total. The van der Waals surface area contributed by atoms with Crippen molar-refractivity contribution in [3.8, 4) is 0 Å². The summed E-state index contributed by atoms with van der Waals surface area (Å²) in [6.07, 6.45) is 7.19. The van der Waals surface area contributed by atoms with Crippen LogP contribution in [0.25, 0.3) is 0 Å². The lowest BCUT2D eigenvalue weighted by molar-refractivity contribution is -0.132. The Kier molecular flexibility index (Phi) is 6.68. The van der Waals surface area contributed by atoms with Gasteiger partial charge in [-0.05, 0) is 43.2 Å². The zero-order chi connectivity index (χ0) is 22.6. The third-order valence-corrected chi connectivity index (χ3v) is 6.57. The van der Waals surface area contributed by atoms with Crippen molar-refractivity contribution in [3.63, 3.8) is 0 Å². The van der Waals surface area contributed by atoms with Gasteiger partial charge in [-0.15, -0.1) is 0 Å². The maximum atomic E-state index is 13.2. The molecule has 0 radical (unpaired) electrons. The quantitative estimate of drug-likeness (QED) is 0.633. The molecule has 3 aliphatic rings. The van der Waals surface area contributed by atoms with Crippen LogP contribution >= 0.6 is 0 Å². The summed E-state index contributed by atoms with van der Waals surface area (Å²) in [6, 6.07) is 5.54. The molecule has 33 heavy (non-hydrogen) atoms. The van der Waals surface area contributed by atoms with Gasteiger partial charge in [0.05, 0.1) is 12.7 Å². The van der Waals surface area contributed by atoms with E-state index in [1.807, 2.05) is 17.0 Å². The highest BCUT2D eigenvalue weighted by Crippen LogP contribution is 2.40. The minimum absolute atomic E-state index is 0.0143. The smallest absolute Gasteiger partial charge is 0.276 e. The number of carbonyl (C=O) groups is 2. The van der Waals surface area contributed by atoms with Gasteiger partial charge in [-0.2, -0.15) is 0 Å². The van der Waals surface area contributed by atoms with Crippen molar-refractivity contribution in [2.24, 2.45) is 5.92 Å². The highest BCUT2D eigenvalue weighted by molar-refractivity contribution is 5.95. The minimum atomic E-state index is -0.310. The fraction of sp³-hybridized carbons (Fsp3) is 0.583. The summed E-state index contributed by atoms with van der Waals surface area (Å²) in [5.41, 5.74) is 1.21. The number of ether oxygens (including phenoxy) is 2. The Morgan fingerprint density at radius 2 is 2.03 bits per heavy atom. The summed E-state index contributed by atoms with van der Waals surface area (Å²) >= 11 is 0. The van der Waals surface area contributed by atoms with E-state index < -0.39 is 0 Å². The summed E-state index contributed by atoms with van der Waals surface area (Å²) in [6.45, 7) is 3.28. The summed E-state index contributed by atoms with van der Waals surface area (Å²) in [4.78, 5) is 33.9. The van der Waals surface area contributed by atoms with Crippen LogP contribution in [0.4, 0.5) is 0 Å². The highest BCUT2D eigenvalue weighted by atomic mass is 16.5. The molecule has 9 nitrogen and oxygen atoms in total. The Morgan fingerprint density at radius 3 is 2.79 bits per heavy atom. The van der Waals surface area contributed by atoms with E-state index in [1.165, 1.54) is 0 Å². The van der Waals surface area contributed by atoms with Crippen LogP contribution in [0, 0.1) is 5.92 Å². The molecule has 0 aromatic carbocycles. The SMILES string of the molecule is O=C1CN(C(=O)c2cc(C3CC3)on2)C[C@@H](OCc2cccnc2)CN1CC1CCOCC1. The van der Waals surface area contributed by atoms with E-state index in [9.17, 15) is 9.59 Å². The van der Waals surface area contributed by atoms with Crippen molar-refractivity contribution in [3.05, 3.63) is 47.6 Å². The van der Waals surface area contributed by atoms with E-state index in [0.717, 1.165) is 50.2 Å². The molecule has 9 heteroatoms. The molecule has 5 rings (SSSR count). The third-order valence-electron chi connectivity index (χ3n) is 6.57. The number of carbonyl (C=O) groups excluding carboxylic acids is 2. The first kappa shape index (κ1) is 22.0. The molecular formula is C24H30N4O5. The average molecular weight is 455 g/mol. The maximum Gasteiger partial charge on any atom is 0.276 e. The van der Waals surface area contributed by atoms with Crippen molar-refractivity contribution in [1.29, 1.82) is 0 Å². The van der Waals surface area contributed by atoms with Crippen molar-refractivity contribution in [1.82, 2.24) is 19.9 Å². The second-order valence-electron chi connectivity index (χ2n) is 9.22. The van der Waals surface area contributed by atoms with Gasteiger partial charge in [0.2, 0.25) is 5.91 Å². The van der Waals surface area contributed by atoms with Crippen LogP contribution in [0.3, 0.4) is 0 Å². The molecule has 0 spiro atoms. The zero-order valence-electron chi connectivity index (χ0n) is 18.7. The van der Waals surface area contributed by atoms with Crippen LogP contribution in [0.1, 0.15) is 53.4 Å². The first-order chi connectivity index (χ1) is 16.2. The Labute approximate surface area is 193 Å². The van der Waals surface area contributed by atoms with Gasteiger partial charge in [-0.25, -0.2) is 0 Å². The summed E-state index contributed by atoms with van der Waals surface area (Å²) in [5, 5.41) is 3.99. The van der Waals surface area contributed by atoms with E-state index in [1.54, 1.807) is 23.4 Å². The lowest BCUT2D eigenvalue weighted by Gasteiger charge is -2.30. The summed E-state index contributed by atoms with van der Waals surface area (Å²) in [7, 11) is 0. The van der Waals surface area contributed by atoms with Crippen LogP contribution in [0.2, 0.25) is 0 Å². The van der Waals surface area contributed by atoms with Crippen molar-refractivity contribution in [2.75, 3.05) is 39.4 Å². The number of nitrogens with zero attached hydrogens (tertiary/aromatic N) is 4. The fourth-order valence-corrected chi connectivity index (χ4v) is 4.47. The molecule has 3 fully saturated rings. The first-order valence-electron chi connectivity index (χ1n) is 11.8. The number of hydrogen-bond donors (Lipinski definition) is 0. The second-order valence-corrected chi connectivity index (χ2v) is 9.22. The normalized spacial score (nSPS) is 22.4. The monoisotopic (exact) mass is 454 g/mol. The third kappa shape index (κ3) is 5.59. The van der Waals surface area contributed by atoms with E-state index in [0.29, 0.717) is 38.1 Å². The van der Waals surface area contributed by atoms with E-state index in [4.69, 9.17) is 14.0 Å². The molecule has 176 valence electrons. The molecule has 2 amide bonds. The van der Waals surface area contributed by atoms with E-state index in [2.05, 4.69) is 10.1 Å². The van der Waals surface area contributed by atoms with Crippen molar-refractivity contribution in [2.45, 2.75) is 44.3 Å². The van der Waals surface area contributed by atoms with Crippen LogP contribution in [-0.4, -0.2) is 77.3 Å². The number of pyridine rings is 1. The second kappa shape index (κ2) is 10.0. The standard InChI is InChI=1S/C24H30N4O5/c29-23-15-28(24(30)21-10-22(33-26-21)19-3-4-19)14-20(32-16-18-2-1-7-25-11-18)13-27(23)12-17-5-8-31-9-6-17/h1-2,7,10-11,17,19-20H,3-6,8-9,12-16H2/t20-/m0/s1. The van der Waals surface area contributed by atoms with Gasteiger partial charge in [0.1, 0.15) is 12.3 Å². The Morgan fingerprint density at radius 1 is 1.18 bits per heavy atom. The summed E-state index contributed by atoms with van der Waals surface area (Å²) < 4.78 is 17.0. The van der Waals surface area contributed by atoms with Gasteiger partial charge in [-0.1, -0.05) is 11.2 Å². The largest absolute Gasteiger partial charge is 0.381 e. The predicted molar refractivity (Wildman–Crippen MR) is 117 cm³/mol. The zero-order valence-corrected chi connectivity index (χ0v) is 18.7. The topological polar surface area (TPSA) is 98.0 Å². The van der Waals surface area contributed by atoms with Gasteiger partial charge >= 0.3 is 0 Å². The molecule has 1 atom stereocenters. The van der Waals surface area contributed by atoms with Crippen LogP contribution in [0.5, 0.6) is 0 Å². The molecule has 2 saturated heterocycles. The number of aromatic nitrogens is 2. The van der Waals surface area contributed by atoms with Gasteiger partial charge < -0.3 is 23.8 Å². The maximum absolute atomic E-state index is 13.2. The molecule has 2 aliphatic heterocycles. The van der Waals surface area contributed by atoms with Gasteiger partial charge in [0, 0.05) is 57.2 Å². The average Bonchev–Trinajstić information content (AvgIpc) is 3.60. The molecule has 1 aliphatic carbocycles.